The van der Waals surface area contributed by atoms with Gasteiger partial charge in [-0.3, -0.25) is 4.79 Å². The third-order valence-electron chi connectivity index (χ3n) is 4.39. The Hall–Kier alpha value is -2.18. The Labute approximate surface area is 152 Å². The Morgan fingerprint density at radius 1 is 1.16 bits per heavy atom. The van der Waals surface area contributed by atoms with Crippen molar-refractivity contribution in [2.24, 2.45) is 0 Å². The molecule has 0 radical (unpaired) electrons. The van der Waals surface area contributed by atoms with Crippen LogP contribution in [0.25, 0.3) is 0 Å². The Bertz CT molecular complexity index is 742. The van der Waals surface area contributed by atoms with Crippen molar-refractivity contribution in [3.8, 4) is 0 Å². The number of aromatic nitrogens is 2. The highest BCUT2D eigenvalue weighted by molar-refractivity contribution is 6.30. The lowest BCUT2D eigenvalue weighted by atomic mass is 10.2. The van der Waals surface area contributed by atoms with E-state index in [9.17, 15) is 4.79 Å². The Kier molecular flexibility index (Phi) is 5.50. The fourth-order valence-corrected chi connectivity index (χ4v) is 3.08. The molecule has 1 N–H and O–H groups in total. The second kappa shape index (κ2) is 7.80. The molecule has 2 heterocycles. The summed E-state index contributed by atoms with van der Waals surface area (Å²) >= 11 is 6.12. The van der Waals surface area contributed by atoms with Gasteiger partial charge in [0, 0.05) is 37.6 Å². The molecule has 0 unspecified atom stereocenters. The Morgan fingerprint density at radius 2 is 1.84 bits per heavy atom. The summed E-state index contributed by atoms with van der Waals surface area (Å²) in [4.78, 5) is 24.5. The number of benzene rings is 1. The van der Waals surface area contributed by atoms with E-state index in [1.165, 1.54) is 5.69 Å². The van der Waals surface area contributed by atoms with Crippen LogP contribution in [0.5, 0.6) is 0 Å². The lowest BCUT2D eigenvalue weighted by Crippen LogP contribution is -2.44. The Balaban J connectivity index is 1.75. The summed E-state index contributed by atoms with van der Waals surface area (Å²) in [7, 11) is 2.14. The summed E-state index contributed by atoms with van der Waals surface area (Å²) in [6, 6.07) is 8.10. The number of carbonyl (C=O) groups is 1. The molecule has 1 aromatic carbocycles. The van der Waals surface area contributed by atoms with E-state index in [1.807, 2.05) is 19.1 Å². The molecule has 1 fully saturated rings. The molecular weight excluding hydrogens is 338 g/mol. The van der Waals surface area contributed by atoms with Crippen LogP contribution < -0.4 is 10.2 Å². The van der Waals surface area contributed by atoms with E-state index in [2.05, 4.69) is 44.3 Å². The van der Waals surface area contributed by atoms with E-state index >= 15 is 0 Å². The summed E-state index contributed by atoms with van der Waals surface area (Å²) in [5.74, 6) is 0.379. The number of aryl methyl sites for hydroxylation is 1. The molecule has 25 heavy (non-hydrogen) atoms. The predicted molar refractivity (Wildman–Crippen MR) is 101 cm³/mol. The number of hydrogen-bond donors (Lipinski definition) is 1. The zero-order chi connectivity index (χ0) is 17.8. The van der Waals surface area contributed by atoms with E-state index in [1.54, 1.807) is 0 Å². The highest BCUT2D eigenvalue weighted by atomic mass is 35.5. The molecule has 0 saturated carbocycles. The molecule has 7 heteroatoms. The second-order valence-corrected chi connectivity index (χ2v) is 6.49. The zero-order valence-electron chi connectivity index (χ0n) is 14.5. The van der Waals surface area contributed by atoms with Gasteiger partial charge in [0.25, 0.3) is 0 Å². The standard InChI is InChI=1S/C18H22ClN5O/c1-3-15-17(19)22-18(16(12-25)21-15)20-13-4-6-14(7-5-13)24-10-8-23(2)9-11-24/h4-7,12H,3,8-11H2,1-2H3,(H,20,22). The maximum absolute atomic E-state index is 11.3. The maximum Gasteiger partial charge on any atom is 0.172 e. The molecule has 1 aliphatic heterocycles. The van der Waals surface area contributed by atoms with Crippen molar-refractivity contribution in [3.63, 3.8) is 0 Å². The van der Waals surface area contributed by atoms with Gasteiger partial charge in [0.2, 0.25) is 0 Å². The first-order valence-corrected chi connectivity index (χ1v) is 8.80. The first kappa shape index (κ1) is 17.6. The van der Waals surface area contributed by atoms with Crippen LogP contribution in [0, 0.1) is 0 Å². The fourth-order valence-electron chi connectivity index (χ4n) is 2.82. The average Bonchev–Trinajstić information content (AvgIpc) is 2.63. The SMILES string of the molecule is CCc1nc(C=O)c(Nc2ccc(N3CCN(C)CC3)cc2)nc1Cl. The molecule has 3 rings (SSSR count). The van der Waals surface area contributed by atoms with Gasteiger partial charge in [-0.25, -0.2) is 9.97 Å². The molecule has 1 saturated heterocycles. The molecule has 6 nitrogen and oxygen atoms in total. The summed E-state index contributed by atoms with van der Waals surface area (Å²) in [5.41, 5.74) is 2.93. The number of rotatable bonds is 5. The predicted octanol–water partition coefficient (Wildman–Crippen LogP) is 3.00. The highest BCUT2D eigenvalue weighted by Crippen LogP contribution is 2.24. The number of piperazine rings is 1. The van der Waals surface area contributed by atoms with Crippen LogP contribution >= 0.6 is 11.6 Å². The lowest BCUT2D eigenvalue weighted by molar-refractivity contribution is 0.111. The number of halogens is 1. The summed E-state index contributed by atoms with van der Waals surface area (Å²) in [6.07, 6.45) is 1.33. The molecule has 0 aliphatic carbocycles. The van der Waals surface area contributed by atoms with Crippen molar-refractivity contribution in [2.45, 2.75) is 13.3 Å². The number of nitrogens with one attached hydrogen (secondary N) is 1. The molecule has 0 bridgehead atoms. The van der Waals surface area contributed by atoms with Crippen LogP contribution in [-0.4, -0.2) is 54.4 Å². The molecule has 0 atom stereocenters. The molecule has 0 spiro atoms. The monoisotopic (exact) mass is 359 g/mol. The minimum atomic E-state index is 0.268. The van der Waals surface area contributed by atoms with Gasteiger partial charge in [-0.1, -0.05) is 18.5 Å². The second-order valence-electron chi connectivity index (χ2n) is 6.13. The van der Waals surface area contributed by atoms with Crippen LogP contribution in [-0.2, 0) is 6.42 Å². The van der Waals surface area contributed by atoms with Crippen molar-refractivity contribution in [1.82, 2.24) is 14.9 Å². The van der Waals surface area contributed by atoms with Crippen LogP contribution in [0.15, 0.2) is 24.3 Å². The minimum absolute atomic E-state index is 0.268. The minimum Gasteiger partial charge on any atom is -0.369 e. The summed E-state index contributed by atoms with van der Waals surface area (Å²) < 4.78 is 0. The van der Waals surface area contributed by atoms with Gasteiger partial charge < -0.3 is 15.1 Å². The van der Waals surface area contributed by atoms with Crippen molar-refractivity contribution in [3.05, 3.63) is 40.8 Å². The van der Waals surface area contributed by atoms with E-state index in [0.717, 1.165) is 31.9 Å². The van der Waals surface area contributed by atoms with E-state index in [4.69, 9.17) is 11.6 Å². The molecular formula is C18H22ClN5O. The van der Waals surface area contributed by atoms with E-state index in [0.29, 0.717) is 29.4 Å². The number of nitrogens with zero attached hydrogens (tertiary/aromatic N) is 4. The molecule has 1 aliphatic rings. The van der Waals surface area contributed by atoms with Crippen LogP contribution in [0.1, 0.15) is 23.1 Å². The van der Waals surface area contributed by atoms with Crippen molar-refractivity contribution in [1.29, 1.82) is 0 Å². The third kappa shape index (κ3) is 4.08. The van der Waals surface area contributed by atoms with Crippen LogP contribution in [0.3, 0.4) is 0 Å². The maximum atomic E-state index is 11.3. The summed E-state index contributed by atoms with van der Waals surface area (Å²) in [5, 5.41) is 3.46. The van der Waals surface area contributed by atoms with Gasteiger partial charge in [-0.2, -0.15) is 0 Å². The number of carbonyl (C=O) groups excluding carboxylic acids is 1. The number of hydrogen-bond acceptors (Lipinski definition) is 6. The highest BCUT2D eigenvalue weighted by Gasteiger charge is 2.15. The Morgan fingerprint density at radius 3 is 2.44 bits per heavy atom. The third-order valence-corrected chi connectivity index (χ3v) is 4.69. The van der Waals surface area contributed by atoms with Crippen molar-refractivity contribution < 1.29 is 4.79 Å². The number of anilines is 3. The van der Waals surface area contributed by atoms with Gasteiger partial charge in [0.1, 0.15) is 5.69 Å². The molecule has 132 valence electrons. The number of likely N-dealkylation sites (N-methyl/N-ethyl adjacent to an activating group) is 1. The summed E-state index contributed by atoms with van der Waals surface area (Å²) in [6.45, 7) is 6.12. The molecule has 1 aromatic heterocycles. The fraction of sp³-hybridized carbons (Fsp3) is 0.389. The topological polar surface area (TPSA) is 61.4 Å². The largest absolute Gasteiger partial charge is 0.369 e. The van der Waals surface area contributed by atoms with Crippen LogP contribution in [0.4, 0.5) is 17.2 Å². The van der Waals surface area contributed by atoms with Gasteiger partial charge in [-0.15, -0.1) is 0 Å². The van der Waals surface area contributed by atoms with Gasteiger partial charge in [0.05, 0.1) is 5.69 Å². The zero-order valence-corrected chi connectivity index (χ0v) is 15.3. The van der Waals surface area contributed by atoms with Crippen LogP contribution in [0.2, 0.25) is 5.15 Å². The molecule has 0 amide bonds. The van der Waals surface area contributed by atoms with Crippen molar-refractivity contribution >= 4 is 35.1 Å². The lowest BCUT2D eigenvalue weighted by Gasteiger charge is -2.34. The van der Waals surface area contributed by atoms with E-state index in [-0.39, 0.29) is 5.69 Å². The number of aldehydes is 1. The van der Waals surface area contributed by atoms with E-state index < -0.39 is 0 Å². The first-order chi connectivity index (χ1) is 12.1. The first-order valence-electron chi connectivity index (χ1n) is 8.43. The van der Waals surface area contributed by atoms with Crippen molar-refractivity contribution in [2.75, 3.05) is 43.4 Å². The van der Waals surface area contributed by atoms with Gasteiger partial charge in [0.15, 0.2) is 17.3 Å². The van der Waals surface area contributed by atoms with Gasteiger partial charge >= 0.3 is 0 Å². The normalized spacial score (nSPS) is 15.2. The quantitative estimate of drug-likeness (QED) is 0.828. The molecule has 2 aromatic rings. The smallest absolute Gasteiger partial charge is 0.172 e. The average molecular weight is 360 g/mol. The van der Waals surface area contributed by atoms with Gasteiger partial charge in [-0.05, 0) is 37.7 Å².